The van der Waals surface area contributed by atoms with E-state index in [2.05, 4.69) is 131 Å². The van der Waals surface area contributed by atoms with Crippen molar-refractivity contribution in [1.82, 2.24) is 0 Å². The fourth-order valence-electron chi connectivity index (χ4n) is 6.18. The van der Waals surface area contributed by atoms with E-state index in [1.54, 1.807) is 17.6 Å². The first kappa shape index (κ1) is 28.7. The summed E-state index contributed by atoms with van der Waals surface area (Å²) in [4.78, 5) is 0. The average molecular weight is 615 g/mol. The maximum Gasteiger partial charge on any atom is -1.00 e. The molecule has 0 unspecified atom stereocenters. The summed E-state index contributed by atoms with van der Waals surface area (Å²) in [5.41, 5.74) is 14.1. The van der Waals surface area contributed by atoms with Crippen molar-refractivity contribution in [2.24, 2.45) is 0 Å². The van der Waals surface area contributed by atoms with Gasteiger partial charge in [-0.25, -0.2) is 0 Å². The molecule has 0 N–H and O–H groups in total. The number of hydrogen-bond donors (Lipinski definition) is 0. The van der Waals surface area contributed by atoms with Crippen LogP contribution < -0.4 is 24.8 Å². The molecule has 0 nitrogen and oxygen atoms in total. The molecular formula is C35H32Cl2Zr. The Morgan fingerprint density at radius 1 is 0.658 bits per heavy atom. The standard InChI is InChI=1S/C27H21.C5H5.C3H6.2ClH.Zr/c1-18-13-22-15-23-14-19(2)25(21-11-7-4-8-12-21)17-27(23)26(22)16-24(18)20-9-5-3-6-10-20;1-2-4-5-3-1;1-3-2;;;/h3-17H,1-2H3;1-3H,4H2;1-2H3;2*1H;/q;;;;;+2/p-2. The fourth-order valence-corrected chi connectivity index (χ4v) is 14.3. The summed E-state index contributed by atoms with van der Waals surface area (Å²) in [5.74, 6) is 0. The number of aryl methyl sites for hydroxylation is 2. The molecule has 0 radical (unpaired) electrons. The van der Waals surface area contributed by atoms with Crippen molar-refractivity contribution in [3.8, 4) is 33.4 Å². The van der Waals surface area contributed by atoms with Crippen LogP contribution in [-0.2, 0) is 21.3 Å². The smallest absolute Gasteiger partial charge is 1.00 e. The number of allylic oxidation sites excluding steroid dienone is 4. The molecule has 4 aromatic rings. The van der Waals surface area contributed by atoms with Crippen molar-refractivity contribution in [1.29, 1.82) is 0 Å². The third-order valence-corrected chi connectivity index (χ3v) is 16.0. The summed E-state index contributed by atoms with van der Waals surface area (Å²) in [6.07, 6.45) is 8.21. The van der Waals surface area contributed by atoms with Crippen molar-refractivity contribution >= 4 is 3.21 Å². The molecule has 0 bridgehead atoms. The molecule has 3 heteroatoms. The second kappa shape index (κ2) is 11.8. The second-order valence-corrected chi connectivity index (χ2v) is 17.9. The zero-order valence-electron chi connectivity index (χ0n) is 22.4. The van der Waals surface area contributed by atoms with Gasteiger partial charge in [-0.15, -0.1) is 0 Å². The van der Waals surface area contributed by atoms with E-state index in [-0.39, 0.29) is 24.8 Å². The van der Waals surface area contributed by atoms with Crippen LogP contribution in [-0.4, -0.2) is 3.21 Å². The van der Waals surface area contributed by atoms with Crippen LogP contribution in [0.2, 0.25) is 0 Å². The molecule has 0 amide bonds. The van der Waals surface area contributed by atoms with E-state index in [4.69, 9.17) is 0 Å². The van der Waals surface area contributed by atoms with E-state index >= 15 is 0 Å². The number of rotatable bonds is 4. The van der Waals surface area contributed by atoms with Gasteiger partial charge in [0.15, 0.2) is 0 Å². The molecule has 2 aliphatic rings. The minimum absolute atomic E-state index is 0. The molecule has 6 rings (SSSR count). The Balaban J connectivity index is 0.00000168. The summed E-state index contributed by atoms with van der Waals surface area (Å²) in [5, 5.41) is 0. The van der Waals surface area contributed by atoms with Crippen LogP contribution in [0.5, 0.6) is 0 Å². The van der Waals surface area contributed by atoms with Crippen LogP contribution in [0.4, 0.5) is 0 Å². The molecule has 190 valence electrons. The Hall–Kier alpha value is -2.31. The molecule has 2 aliphatic carbocycles. The van der Waals surface area contributed by atoms with Crippen LogP contribution in [0.3, 0.4) is 0 Å². The molecule has 38 heavy (non-hydrogen) atoms. The summed E-state index contributed by atoms with van der Waals surface area (Å²) in [7, 11) is 0. The minimum Gasteiger partial charge on any atom is -1.00 e. The summed E-state index contributed by atoms with van der Waals surface area (Å²) in [6, 6.07) is 31.8. The van der Waals surface area contributed by atoms with Crippen LogP contribution in [0.1, 0.15) is 46.1 Å². The number of benzene rings is 4. The molecule has 0 heterocycles. The zero-order valence-corrected chi connectivity index (χ0v) is 26.3. The van der Waals surface area contributed by atoms with Gasteiger partial charge < -0.3 is 24.8 Å². The predicted octanol–water partition coefficient (Wildman–Crippen LogP) is 3.39. The molecule has 0 saturated carbocycles. The first-order valence-corrected chi connectivity index (χ1v) is 16.8. The quantitative estimate of drug-likeness (QED) is 0.331. The van der Waals surface area contributed by atoms with Crippen molar-refractivity contribution in [2.75, 3.05) is 0 Å². The molecule has 0 aromatic heterocycles. The SMILES string of the molecule is C[C](C)=[Zr+2]([C]1=CC=CC1)[CH]1c2cc(C)c(-c3ccccc3)cc2-c2cc(-c3ccccc3)c(C)cc21.[Cl-].[Cl-]. The molecule has 4 aromatic carbocycles. The van der Waals surface area contributed by atoms with Crippen molar-refractivity contribution < 1.29 is 46.1 Å². The van der Waals surface area contributed by atoms with E-state index in [0.717, 1.165) is 6.42 Å². The number of halogens is 2. The van der Waals surface area contributed by atoms with E-state index < -0.39 is 21.3 Å². The van der Waals surface area contributed by atoms with Crippen molar-refractivity contribution in [3.05, 3.63) is 129 Å². The molecule has 0 atom stereocenters. The Kier molecular flexibility index (Phi) is 8.94. The van der Waals surface area contributed by atoms with E-state index in [0.29, 0.717) is 3.63 Å². The van der Waals surface area contributed by atoms with Gasteiger partial charge in [-0.2, -0.15) is 0 Å². The molecular weight excluding hydrogens is 583 g/mol. The summed E-state index contributed by atoms with van der Waals surface area (Å²) in [6.45, 7) is 9.40. The van der Waals surface area contributed by atoms with E-state index in [1.165, 1.54) is 44.5 Å². The van der Waals surface area contributed by atoms with Crippen LogP contribution >= 0.6 is 0 Å². The van der Waals surface area contributed by atoms with Gasteiger partial charge in [-0.1, -0.05) is 0 Å². The Morgan fingerprint density at radius 2 is 1.13 bits per heavy atom. The fraction of sp³-hybridized carbons (Fsp3) is 0.171. The second-order valence-electron chi connectivity index (χ2n) is 10.4. The number of fused-ring (bicyclic) bond motifs is 3. The predicted molar refractivity (Wildman–Crippen MR) is 152 cm³/mol. The monoisotopic (exact) mass is 612 g/mol. The van der Waals surface area contributed by atoms with Crippen LogP contribution in [0, 0.1) is 13.8 Å². The van der Waals surface area contributed by atoms with Gasteiger partial charge >= 0.3 is 224 Å². The average Bonchev–Trinajstić information content (AvgIpc) is 3.51. The van der Waals surface area contributed by atoms with E-state index in [1.807, 2.05) is 0 Å². The van der Waals surface area contributed by atoms with E-state index in [9.17, 15) is 0 Å². The van der Waals surface area contributed by atoms with Gasteiger partial charge in [0.1, 0.15) is 0 Å². The van der Waals surface area contributed by atoms with Gasteiger partial charge in [-0.3, -0.25) is 0 Å². The van der Waals surface area contributed by atoms with Crippen LogP contribution in [0.15, 0.2) is 106 Å². The van der Waals surface area contributed by atoms with Crippen molar-refractivity contribution in [2.45, 2.75) is 37.7 Å². The Morgan fingerprint density at radius 3 is 1.53 bits per heavy atom. The largest absolute Gasteiger partial charge is 1.00 e. The first-order chi connectivity index (χ1) is 17.5. The van der Waals surface area contributed by atoms with Gasteiger partial charge in [0.2, 0.25) is 0 Å². The first-order valence-electron chi connectivity index (χ1n) is 13.0. The maximum absolute atomic E-state index is 2.53. The topological polar surface area (TPSA) is 0 Å². The molecule has 0 fully saturated rings. The minimum atomic E-state index is -2.14. The van der Waals surface area contributed by atoms with Gasteiger partial charge in [-0.05, 0) is 0 Å². The molecule has 0 saturated heterocycles. The summed E-state index contributed by atoms with van der Waals surface area (Å²) >= 11 is -2.14. The Bertz CT molecular complexity index is 1480. The van der Waals surface area contributed by atoms with Crippen molar-refractivity contribution in [3.63, 3.8) is 0 Å². The summed E-state index contributed by atoms with van der Waals surface area (Å²) < 4.78 is 3.96. The molecule has 0 spiro atoms. The van der Waals surface area contributed by atoms with Gasteiger partial charge in [0.05, 0.1) is 0 Å². The van der Waals surface area contributed by atoms with Crippen LogP contribution in [0.25, 0.3) is 33.4 Å². The van der Waals surface area contributed by atoms with Gasteiger partial charge in [0, 0.05) is 0 Å². The maximum atomic E-state index is 2.53. The zero-order chi connectivity index (χ0) is 24.8. The number of hydrogen-bond acceptors (Lipinski definition) is 0. The van der Waals surface area contributed by atoms with Gasteiger partial charge in [0.25, 0.3) is 0 Å². The third kappa shape index (κ3) is 5.02. The third-order valence-electron chi connectivity index (χ3n) is 7.82. The molecule has 0 aliphatic heterocycles. The normalized spacial score (nSPS) is 13.0. The Labute approximate surface area is 247 Å².